The maximum Gasteiger partial charge on any atom is 0.257 e. The molecule has 1 fully saturated rings. The maximum atomic E-state index is 12.9. The topological polar surface area (TPSA) is 47.4 Å². The van der Waals surface area contributed by atoms with Crippen LogP contribution < -0.4 is 4.74 Å². The monoisotopic (exact) mass is 313 g/mol. The molecule has 1 aromatic heterocycles. The summed E-state index contributed by atoms with van der Waals surface area (Å²) >= 11 is 0. The standard InChI is InChI=1S/C18H23N3O2/c1-13(2)21-12-15(11-19-21)18(22)20-9-5-8-17(20)14-6-4-7-16(10-14)23-3/h4,6-7,10-13,17H,5,8-9H2,1-3H3/t17-/m1/s1. The number of likely N-dealkylation sites (tertiary alicyclic amines) is 1. The summed E-state index contributed by atoms with van der Waals surface area (Å²) in [6.45, 7) is 4.89. The third kappa shape index (κ3) is 3.09. The molecular formula is C18H23N3O2. The molecule has 0 N–H and O–H groups in total. The summed E-state index contributed by atoms with van der Waals surface area (Å²) in [5.74, 6) is 0.886. The second kappa shape index (κ2) is 6.44. The third-order valence-corrected chi connectivity index (χ3v) is 4.37. The van der Waals surface area contributed by atoms with Crippen molar-refractivity contribution in [3.63, 3.8) is 0 Å². The summed E-state index contributed by atoms with van der Waals surface area (Å²) in [4.78, 5) is 14.8. The van der Waals surface area contributed by atoms with Crippen LogP contribution in [0.4, 0.5) is 0 Å². The number of ether oxygens (including phenoxy) is 1. The Labute approximate surface area is 136 Å². The highest BCUT2D eigenvalue weighted by molar-refractivity contribution is 5.94. The molecule has 0 saturated carbocycles. The van der Waals surface area contributed by atoms with Crippen molar-refractivity contribution in [1.29, 1.82) is 0 Å². The first kappa shape index (κ1) is 15.6. The molecule has 1 aliphatic rings. The van der Waals surface area contributed by atoms with Crippen LogP contribution in [0.3, 0.4) is 0 Å². The van der Waals surface area contributed by atoms with Crippen molar-refractivity contribution in [1.82, 2.24) is 14.7 Å². The molecule has 1 aliphatic heterocycles. The van der Waals surface area contributed by atoms with E-state index < -0.39 is 0 Å². The summed E-state index contributed by atoms with van der Waals surface area (Å²) in [6.07, 6.45) is 5.51. The SMILES string of the molecule is COc1cccc([C@H]2CCCN2C(=O)c2cnn(C(C)C)c2)c1. The van der Waals surface area contributed by atoms with Crippen molar-refractivity contribution < 1.29 is 9.53 Å². The molecule has 0 unspecified atom stereocenters. The van der Waals surface area contributed by atoms with Gasteiger partial charge in [0.2, 0.25) is 0 Å². The van der Waals surface area contributed by atoms with Crippen molar-refractivity contribution in [3.05, 3.63) is 47.8 Å². The van der Waals surface area contributed by atoms with Crippen LogP contribution in [0.15, 0.2) is 36.7 Å². The Bertz CT molecular complexity index is 693. The van der Waals surface area contributed by atoms with Crippen LogP contribution in [0.25, 0.3) is 0 Å². The van der Waals surface area contributed by atoms with Crippen LogP contribution in [-0.4, -0.2) is 34.2 Å². The van der Waals surface area contributed by atoms with E-state index in [1.165, 1.54) is 0 Å². The largest absolute Gasteiger partial charge is 0.497 e. The summed E-state index contributed by atoms with van der Waals surface area (Å²) < 4.78 is 7.13. The average Bonchev–Trinajstić information content (AvgIpc) is 3.23. The van der Waals surface area contributed by atoms with E-state index in [1.54, 1.807) is 13.3 Å². The summed E-state index contributed by atoms with van der Waals surface area (Å²) in [5.41, 5.74) is 1.79. The van der Waals surface area contributed by atoms with E-state index in [1.807, 2.05) is 34.0 Å². The van der Waals surface area contributed by atoms with E-state index in [0.717, 1.165) is 30.7 Å². The van der Waals surface area contributed by atoms with Crippen LogP contribution >= 0.6 is 0 Å². The number of aromatic nitrogens is 2. The van der Waals surface area contributed by atoms with Gasteiger partial charge in [-0.2, -0.15) is 5.10 Å². The molecule has 5 nitrogen and oxygen atoms in total. The number of nitrogens with zero attached hydrogens (tertiary/aromatic N) is 3. The van der Waals surface area contributed by atoms with Crippen LogP contribution in [-0.2, 0) is 0 Å². The van der Waals surface area contributed by atoms with Gasteiger partial charge in [0.1, 0.15) is 5.75 Å². The lowest BCUT2D eigenvalue weighted by atomic mass is 10.0. The normalized spacial score (nSPS) is 17.7. The fourth-order valence-electron chi connectivity index (χ4n) is 3.10. The van der Waals surface area contributed by atoms with Gasteiger partial charge in [0.15, 0.2) is 0 Å². The number of methoxy groups -OCH3 is 1. The summed E-state index contributed by atoms with van der Waals surface area (Å²) in [6, 6.07) is 8.36. The van der Waals surface area contributed by atoms with E-state index in [9.17, 15) is 4.79 Å². The number of benzene rings is 1. The molecule has 1 aromatic carbocycles. The zero-order valence-corrected chi connectivity index (χ0v) is 13.9. The highest BCUT2D eigenvalue weighted by Crippen LogP contribution is 2.34. The van der Waals surface area contributed by atoms with Crippen molar-refractivity contribution in [2.24, 2.45) is 0 Å². The number of hydrogen-bond donors (Lipinski definition) is 0. The molecule has 0 spiro atoms. The minimum absolute atomic E-state index is 0.0576. The van der Waals surface area contributed by atoms with Gasteiger partial charge in [0.25, 0.3) is 5.91 Å². The highest BCUT2D eigenvalue weighted by atomic mass is 16.5. The molecule has 0 aliphatic carbocycles. The Kier molecular flexibility index (Phi) is 4.37. The fraction of sp³-hybridized carbons (Fsp3) is 0.444. The molecule has 2 heterocycles. The first-order valence-electron chi connectivity index (χ1n) is 8.09. The molecule has 5 heteroatoms. The van der Waals surface area contributed by atoms with Crippen molar-refractivity contribution >= 4 is 5.91 Å². The number of carbonyl (C=O) groups is 1. The Morgan fingerprint density at radius 1 is 1.39 bits per heavy atom. The van der Waals surface area contributed by atoms with Crippen LogP contribution in [0.1, 0.15) is 54.7 Å². The molecule has 3 rings (SSSR count). The average molecular weight is 313 g/mol. The smallest absolute Gasteiger partial charge is 0.257 e. The van der Waals surface area contributed by atoms with Gasteiger partial charge >= 0.3 is 0 Å². The maximum absolute atomic E-state index is 12.9. The fourth-order valence-corrected chi connectivity index (χ4v) is 3.10. The Hall–Kier alpha value is -2.30. The number of rotatable bonds is 4. The van der Waals surface area contributed by atoms with E-state index in [-0.39, 0.29) is 18.0 Å². The van der Waals surface area contributed by atoms with E-state index in [2.05, 4.69) is 25.0 Å². The predicted octanol–water partition coefficient (Wildman–Crippen LogP) is 3.45. The Balaban J connectivity index is 1.84. The molecule has 1 atom stereocenters. The molecular weight excluding hydrogens is 290 g/mol. The van der Waals surface area contributed by atoms with Gasteiger partial charge in [-0.25, -0.2) is 0 Å². The molecule has 2 aromatic rings. The summed E-state index contributed by atoms with van der Waals surface area (Å²) in [7, 11) is 1.66. The number of amides is 1. The van der Waals surface area contributed by atoms with Gasteiger partial charge in [-0.05, 0) is 44.4 Å². The molecule has 0 radical (unpaired) electrons. The van der Waals surface area contributed by atoms with Crippen molar-refractivity contribution in [2.45, 2.75) is 38.8 Å². The van der Waals surface area contributed by atoms with E-state index >= 15 is 0 Å². The lowest BCUT2D eigenvalue weighted by molar-refractivity contribution is 0.0735. The van der Waals surface area contributed by atoms with Crippen LogP contribution in [0, 0.1) is 0 Å². The second-order valence-electron chi connectivity index (χ2n) is 6.24. The van der Waals surface area contributed by atoms with Gasteiger partial charge in [-0.15, -0.1) is 0 Å². The molecule has 0 bridgehead atoms. The molecule has 23 heavy (non-hydrogen) atoms. The summed E-state index contributed by atoms with van der Waals surface area (Å²) in [5, 5.41) is 4.28. The lowest BCUT2D eigenvalue weighted by Gasteiger charge is -2.25. The quantitative estimate of drug-likeness (QED) is 0.868. The molecule has 122 valence electrons. The lowest BCUT2D eigenvalue weighted by Crippen LogP contribution is -2.30. The minimum atomic E-state index is 0.0576. The molecule has 1 amide bonds. The Morgan fingerprint density at radius 3 is 2.91 bits per heavy atom. The van der Waals surface area contributed by atoms with Gasteiger partial charge < -0.3 is 9.64 Å². The first-order valence-corrected chi connectivity index (χ1v) is 8.09. The first-order chi connectivity index (χ1) is 11.1. The zero-order valence-electron chi connectivity index (χ0n) is 13.9. The molecule has 1 saturated heterocycles. The van der Waals surface area contributed by atoms with E-state index in [4.69, 9.17) is 4.74 Å². The highest BCUT2D eigenvalue weighted by Gasteiger charge is 2.31. The zero-order chi connectivity index (χ0) is 16.4. The van der Waals surface area contributed by atoms with Gasteiger partial charge in [-0.1, -0.05) is 12.1 Å². The third-order valence-electron chi connectivity index (χ3n) is 4.37. The van der Waals surface area contributed by atoms with Crippen molar-refractivity contribution in [2.75, 3.05) is 13.7 Å². The predicted molar refractivity (Wildman–Crippen MR) is 88.6 cm³/mol. The minimum Gasteiger partial charge on any atom is -0.497 e. The van der Waals surface area contributed by atoms with Crippen LogP contribution in [0.2, 0.25) is 0 Å². The number of carbonyl (C=O) groups excluding carboxylic acids is 1. The van der Waals surface area contributed by atoms with Gasteiger partial charge in [0.05, 0.1) is 24.9 Å². The van der Waals surface area contributed by atoms with Gasteiger partial charge in [0, 0.05) is 18.8 Å². The van der Waals surface area contributed by atoms with Crippen LogP contribution in [0.5, 0.6) is 5.75 Å². The second-order valence-corrected chi connectivity index (χ2v) is 6.24. The Morgan fingerprint density at radius 2 is 2.22 bits per heavy atom. The van der Waals surface area contributed by atoms with E-state index in [0.29, 0.717) is 5.56 Å². The number of hydrogen-bond acceptors (Lipinski definition) is 3. The van der Waals surface area contributed by atoms with Gasteiger partial charge in [-0.3, -0.25) is 9.48 Å². The van der Waals surface area contributed by atoms with Crippen molar-refractivity contribution in [3.8, 4) is 5.75 Å².